The lowest BCUT2D eigenvalue weighted by Crippen LogP contribution is -2.51. The van der Waals surface area contributed by atoms with Crippen LogP contribution in [0.4, 0.5) is 10.6 Å². The van der Waals surface area contributed by atoms with E-state index in [2.05, 4.69) is 25.5 Å². The van der Waals surface area contributed by atoms with Crippen molar-refractivity contribution in [3.05, 3.63) is 36.8 Å². The maximum atomic E-state index is 12.4. The van der Waals surface area contributed by atoms with Gasteiger partial charge < -0.3 is 15.1 Å². The van der Waals surface area contributed by atoms with Crippen LogP contribution in [0, 0.1) is 0 Å². The molecule has 1 atom stereocenters. The molecule has 2 aromatic heterocycles. The number of carbonyl (C=O) groups is 1. The van der Waals surface area contributed by atoms with Crippen molar-refractivity contribution in [1.82, 2.24) is 30.2 Å². The van der Waals surface area contributed by atoms with Gasteiger partial charge in [-0.25, -0.2) is 4.79 Å². The first-order valence-corrected chi connectivity index (χ1v) is 8.25. The van der Waals surface area contributed by atoms with E-state index >= 15 is 0 Å². The molecule has 24 heavy (non-hydrogen) atoms. The zero-order valence-corrected chi connectivity index (χ0v) is 13.9. The molecule has 1 N–H and O–H groups in total. The standard InChI is InChI=1S/C16H23N7O/c1-21(16(24)17-9-12-23-11-4-8-19-23)14-5-3-10-22(13-14)15-6-2-7-18-20-15/h2,4,6-8,11,14H,3,5,9-10,12-13H2,1H3,(H,17,24). The lowest BCUT2D eigenvalue weighted by molar-refractivity contribution is 0.182. The molecule has 0 saturated carbocycles. The molecule has 2 amide bonds. The Kier molecular flexibility index (Phi) is 5.25. The minimum Gasteiger partial charge on any atom is -0.353 e. The SMILES string of the molecule is CN(C(=O)NCCn1cccn1)C1CCCN(c2cccnn2)C1. The highest BCUT2D eigenvalue weighted by Gasteiger charge is 2.26. The van der Waals surface area contributed by atoms with Gasteiger partial charge in [-0.3, -0.25) is 4.68 Å². The van der Waals surface area contributed by atoms with Crippen LogP contribution in [0.5, 0.6) is 0 Å². The molecule has 1 aliphatic rings. The van der Waals surface area contributed by atoms with Gasteiger partial charge in [0.25, 0.3) is 0 Å². The van der Waals surface area contributed by atoms with E-state index in [1.807, 2.05) is 31.4 Å². The summed E-state index contributed by atoms with van der Waals surface area (Å²) in [6.45, 7) is 2.96. The fourth-order valence-corrected chi connectivity index (χ4v) is 2.94. The largest absolute Gasteiger partial charge is 0.353 e. The van der Waals surface area contributed by atoms with Crippen LogP contribution in [0.25, 0.3) is 0 Å². The van der Waals surface area contributed by atoms with Gasteiger partial charge in [0.1, 0.15) is 0 Å². The Bertz CT molecular complexity index is 631. The predicted octanol–water partition coefficient (Wildman–Crippen LogP) is 0.983. The van der Waals surface area contributed by atoms with E-state index < -0.39 is 0 Å². The smallest absolute Gasteiger partial charge is 0.317 e. The first-order chi connectivity index (χ1) is 11.7. The number of likely N-dealkylation sites (N-methyl/N-ethyl adjacent to an activating group) is 1. The molecule has 8 nitrogen and oxygen atoms in total. The summed E-state index contributed by atoms with van der Waals surface area (Å²) in [7, 11) is 1.86. The second-order valence-electron chi connectivity index (χ2n) is 5.94. The Morgan fingerprint density at radius 2 is 2.33 bits per heavy atom. The molecular formula is C16H23N7O. The molecule has 8 heteroatoms. The van der Waals surface area contributed by atoms with Gasteiger partial charge in [-0.2, -0.15) is 10.2 Å². The second-order valence-corrected chi connectivity index (χ2v) is 5.94. The first kappa shape index (κ1) is 16.2. The van der Waals surface area contributed by atoms with Gasteiger partial charge in [-0.15, -0.1) is 5.10 Å². The Morgan fingerprint density at radius 3 is 3.08 bits per heavy atom. The Labute approximate surface area is 141 Å². The van der Waals surface area contributed by atoms with Crippen LogP contribution >= 0.6 is 0 Å². The quantitative estimate of drug-likeness (QED) is 0.885. The number of anilines is 1. The zero-order chi connectivity index (χ0) is 16.8. The lowest BCUT2D eigenvalue weighted by atomic mass is 10.0. The number of hydrogen-bond acceptors (Lipinski definition) is 5. The van der Waals surface area contributed by atoms with Crippen LogP contribution in [-0.2, 0) is 6.54 Å². The number of nitrogens with zero attached hydrogens (tertiary/aromatic N) is 6. The Morgan fingerprint density at radius 1 is 1.42 bits per heavy atom. The average Bonchev–Trinajstić information content (AvgIpc) is 3.15. The van der Waals surface area contributed by atoms with Gasteiger partial charge in [-0.05, 0) is 31.0 Å². The second kappa shape index (κ2) is 7.76. The summed E-state index contributed by atoms with van der Waals surface area (Å²) in [5.74, 6) is 0.870. The third-order valence-electron chi connectivity index (χ3n) is 4.32. The van der Waals surface area contributed by atoms with E-state index in [1.54, 1.807) is 22.0 Å². The predicted molar refractivity (Wildman–Crippen MR) is 90.7 cm³/mol. The molecule has 0 spiro atoms. The van der Waals surface area contributed by atoms with Crippen molar-refractivity contribution < 1.29 is 4.79 Å². The fourth-order valence-electron chi connectivity index (χ4n) is 2.94. The van der Waals surface area contributed by atoms with Crippen LogP contribution in [0.2, 0.25) is 0 Å². The van der Waals surface area contributed by atoms with Crippen LogP contribution in [0.3, 0.4) is 0 Å². The van der Waals surface area contributed by atoms with Gasteiger partial charge in [0.15, 0.2) is 5.82 Å². The lowest BCUT2D eigenvalue weighted by Gasteiger charge is -2.37. The molecule has 128 valence electrons. The minimum absolute atomic E-state index is 0.0480. The van der Waals surface area contributed by atoms with E-state index in [0.717, 1.165) is 31.7 Å². The summed E-state index contributed by atoms with van der Waals surface area (Å²) < 4.78 is 1.80. The average molecular weight is 329 g/mol. The third kappa shape index (κ3) is 4.01. The van der Waals surface area contributed by atoms with Crippen LogP contribution in [0.15, 0.2) is 36.8 Å². The number of rotatable bonds is 5. The highest BCUT2D eigenvalue weighted by atomic mass is 16.2. The molecule has 1 fully saturated rings. The van der Waals surface area contributed by atoms with Crippen molar-refractivity contribution in [2.24, 2.45) is 0 Å². The topological polar surface area (TPSA) is 79.2 Å². The van der Waals surface area contributed by atoms with Crippen LogP contribution < -0.4 is 10.2 Å². The molecule has 0 bridgehead atoms. The number of amides is 2. The zero-order valence-electron chi connectivity index (χ0n) is 13.9. The molecule has 0 aliphatic carbocycles. The molecule has 1 unspecified atom stereocenters. The maximum absolute atomic E-state index is 12.4. The monoisotopic (exact) mass is 329 g/mol. The summed E-state index contributed by atoms with van der Waals surface area (Å²) in [6.07, 6.45) is 7.32. The number of urea groups is 1. The molecule has 1 saturated heterocycles. The molecule has 0 aromatic carbocycles. The van der Waals surface area contributed by atoms with Crippen molar-refractivity contribution >= 4 is 11.8 Å². The van der Waals surface area contributed by atoms with Crippen molar-refractivity contribution in [3.8, 4) is 0 Å². The number of hydrogen-bond donors (Lipinski definition) is 1. The van der Waals surface area contributed by atoms with Crippen molar-refractivity contribution in [2.45, 2.75) is 25.4 Å². The summed E-state index contributed by atoms with van der Waals surface area (Å²) in [5, 5.41) is 15.2. The highest BCUT2D eigenvalue weighted by Crippen LogP contribution is 2.19. The fraction of sp³-hybridized carbons (Fsp3) is 0.500. The summed E-state index contributed by atoms with van der Waals surface area (Å²) in [4.78, 5) is 16.3. The molecule has 1 aliphatic heterocycles. The number of nitrogens with one attached hydrogen (secondary N) is 1. The van der Waals surface area contributed by atoms with E-state index in [0.29, 0.717) is 13.1 Å². The van der Waals surface area contributed by atoms with Crippen molar-refractivity contribution in [3.63, 3.8) is 0 Å². The molecule has 3 rings (SSSR count). The third-order valence-corrected chi connectivity index (χ3v) is 4.32. The van der Waals surface area contributed by atoms with E-state index in [9.17, 15) is 4.79 Å². The van der Waals surface area contributed by atoms with E-state index in [-0.39, 0.29) is 12.1 Å². The van der Waals surface area contributed by atoms with Crippen molar-refractivity contribution in [1.29, 1.82) is 0 Å². The van der Waals surface area contributed by atoms with Gasteiger partial charge in [0.05, 0.1) is 12.6 Å². The molecule has 3 heterocycles. The molecule has 2 aromatic rings. The summed E-state index contributed by atoms with van der Waals surface area (Å²) in [6, 6.07) is 5.84. The normalized spacial score (nSPS) is 17.5. The van der Waals surface area contributed by atoms with Crippen LogP contribution in [0.1, 0.15) is 12.8 Å². The summed E-state index contributed by atoms with van der Waals surface area (Å²) in [5.41, 5.74) is 0. The number of piperidine rings is 1. The molecular weight excluding hydrogens is 306 g/mol. The van der Waals surface area contributed by atoms with Gasteiger partial charge >= 0.3 is 6.03 Å². The van der Waals surface area contributed by atoms with E-state index in [1.165, 1.54) is 0 Å². The number of carbonyl (C=O) groups excluding carboxylic acids is 1. The number of aromatic nitrogens is 4. The van der Waals surface area contributed by atoms with Crippen LogP contribution in [-0.4, -0.2) is 63.6 Å². The first-order valence-electron chi connectivity index (χ1n) is 8.25. The van der Waals surface area contributed by atoms with E-state index in [4.69, 9.17) is 0 Å². The minimum atomic E-state index is -0.0480. The van der Waals surface area contributed by atoms with Gasteiger partial charge in [0, 0.05) is 45.3 Å². The van der Waals surface area contributed by atoms with Gasteiger partial charge in [0.2, 0.25) is 0 Å². The highest BCUT2D eigenvalue weighted by molar-refractivity contribution is 5.74. The maximum Gasteiger partial charge on any atom is 0.317 e. The molecule has 0 radical (unpaired) electrons. The van der Waals surface area contributed by atoms with Crippen molar-refractivity contribution in [2.75, 3.05) is 31.6 Å². The summed E-state index contributed by atoms with van der Waals surface area (Å²) >= 11 is 0. The Hall–Kier alpha value is -2.64. The Balaban J connectivity index is 1.50. The van der Waals surface area contributed by atoms with Gasteiger partial charge in [-0.1, -0.05) is 0 Å².